The fraction of sp³-hybridized carbons (Fsp3) is 0.188. The van der Waals surface area contributed by atoms with Gasteiger partial charge in [-0.3, -0.25) is 9.36 Å². The number of rotatable bonds is 3. The van der Waals surface area contributed by atoms with E-state index in [1.54, 1.807) is 13.0 Å². The van der Waals surface area contributed by atoms with Crippen LogP contribution in [0.15, 0.2) is 45.8 Å². The average molecular weight is 414 g/mol. The number of fused-ring (bicyclic) bond motifs is 1. The van der Waals surface area contributed by atoms with Gasteiger partial charge in [-0.15, -0.1) is 13.2 Å². The minimum absolute atomic E-state index is 0.151. The standard InChI is InChI=1S/C16H11BrF3N3O2/c1-9-14(17)22-12-6-7-13(24)23(15(12)21-9)8-10-2-4-11(5-3-10)25-16(18,19)20/h2-7H,8H2,1H3. The lowest BCUT2D eigenvalue weighted by Gasteiger charge is -2.12. The summed E-state index contributed by atoms with van der Waals surface area (Å²) in [5.74, 6) is -0.318. The number of aryl methyl sites for hydroxylation is 1. The molecular weight excluding hydrogens is 403 g/mol. The molecule has 2 heterocycles. The van der Waals surface area contributed by atoms with Crippen molar-refractivity contribution in [1.29, 1.82) is 0 Å². The third-order valence-corrected chi connectivity index (χ3v) is 4.17. The van der Waals surface area contributed by atoms with Gasteiger partial charge in [-0.2, -0.15) is 0 Å². The molecule has 0 N–H and O–H groups in total. The van der Waals surface area contributed by atoms with Gasteiger partial charge in [0.2, 0.25) is 0 Å². The van der Waals surface area contributed by atoms with Crippen LogP contribution in [-0.4, -0.2) is 20.9 Å². The quantitative estimate of drug-likeness (QED) is 0.654. The summed E-state index contributed by atoms with van der Waals surface area (Å²) >= 11 is 3.29. The molecule has 0 aliphatic rings. The van der Waals surface area contributed by atoms with E-state index in [1.807, 2.05) is 0 Å². The topological polar surface area (TPSA) is 57.0 Å². The molecule has 0 spiro atoms. The van der Waals surface area contributed by atoms with Crippen molar-refractivity contribution in [2.75, 3.05) is 0 Å². The number of ether oxygens (including phenoxy) is 1. The largest absolute Gasteiger partial charge is 0.573 e. The number of hydrogen-bond donors (Lipinski definition) is 0. The van der Waals surface area contributed by atoms with Gasteiger partial charge in [0.25, 0.3) is 5.56 Å². The monoisotopic (exact) mass is 413 g/mol. The van der Waals surface area contributed by atoms with Crippen molar-refractivity contribution in [2.45, 2.75) is 19.8 Å². The lowest BCUT2D eigenvalue weighted by Crippen LogP contribution is -2.21. The van der Waals surface area contributed by atoms with Crippen molar-refractivity contribution in [3.63, 3.8) is 0 Å². The summed E-state index contributed by atoms with van der Waals surface area (Å²) < 4.78 is 42.4. The second kappa shape index (κ2) is 6.47. The molecule has 130 valence electrons. The first kappa shape index (κ1) is 17.4. The number of halogens is 4. The summed E-state index contributed by atoms with van der Waals surface area (Å²) in [7, 11) is 0. The third kappa shape index (κ3) is 3.98. The average Bonchev–Trinajstić information content (AvgIpc) is 2.52. The first-order valence-electron chi connectivity index (χ1n) is 7.11. The van der Waals surface area contributed by atoms with E-state index in [2.05, 4.69) is 30.6 Å². The molecule has 5 nitrogen and oxygen atoms in total. The summed E-state index contributed by atoms with van der Waals surface area (Å²) in [6.45, 7) is 1.90. The second-order valence-electron chi connectivity index (χ2n) is 5.26. The van der Waals surface area contributed by atoms with Crippen molar-refractivity contribution >= 4 is 27.1 Å². The summed E-state index contributed by atoms with van der Waals surface area (Å²) in [5.41, 5.74) is 1.92. The zero-order valence-electron chi connectivity index (χ0n) is 12.8. The zero-order valence-corrected chi connectivity index (χ0v) is 14.4. The van der Waals surface area contributed by atoms with Crippen LogP contribution in [-0.2, 0) is 6.54 Å². The van der Waals surface area contributed by atoms with E-state index in [0.29, 0.717) is 27.0 Å². The van der Waals surface area contributed by atoms with Crippen LogP contribution < -0.4 is 10.3 Å². The maximum Gasteiger partial charge on any atom is 0.573 e. The molecule has 0 bridgehead atoms. The van der Waals surface area contributed by atoms with Gasteiger partial charge in [0.1, 0.15) is 15.9 Å². The van der Waals surface area contributed by atoms with Crippen LogP contribution in [0.2, 0.25) is 0 Å². The Morgan fingerprint density at radius 2 is 1.80 bits per heavy atom. The number of nitrogens with zero attached hydrogens (tertiary/aromatic N) is 3. The van der Waals surface area contributed by atoms with E-state index >= 15 is 0 Å². The number of aromatic nitrogens is 3. The Morgan fingerprint density at radius 3 is 2.44 bits per heavy atom. The van der Waals surface area contributed by atoms with E-state index in [1.165, 1.54) is 34.9 Å². The van der Waals surface area contributed by atoms with Gasteiger partial charge in [0.05, 0.1) is 12.2 Å². The van der Waals surface area contributed by atoms with Crippen molar-refractivity contribution < 1.29 is 17.9 Å². The minimum atomic E-state index is -4.74. The smallest absolute Gasteiger partial charge is 0.406 e. The lowest BCUT2D eigenvalue weighted by molar-refractivity contribution is -0.274. The van der Waals surface area contributed by atoms with Crippen LogP contribution in [0.1, 0.15) is 11.3 Å². The Hall–Kier alpha value is -2.42. The molecule has 0 saturated heterocycles. The normalized spacial score (nSPS) is 11.7. The number of pyridine rings is 1. The molecule has 2 aromatic heterocycles. The van der Waals surface area contributed by atoms with Crippen molar-refractivity contribution in [1.82, 2.24) is 14.5 Å². The van der Waals surface area contributed by atoms with Gasteiger partial charge in [0, 0.05) is 6.07 Å². The summed E-state index contributed by atoms with van der Waals surface area (Å²) in [6.07, 6.45) is -4.74. The first-order chi connectivity index (χ1) is 11.7. The summed E-state index contributed by atoms with van der Waals surface area (Å²) in [4.78, 5) is 20.9. The van der Waals surface area contributed by atoms with Crippen LogP contribution >= 0.6 is 15.9 Å². The van der Waals surface area contributed by atoms with E-state index in [0.717, 1.165) is 0 Å². The molecule has 3 rings (SSSR count). The molecule has 3 aromatic rings. The fourth-order valence-corrected chi connectivity index (χ4v) is 2.57. The van der Waals surface area contributed by atoms with Crippen LogP contribution in [0.25, 0.3) is 11.2 Å². The van der Waals surface area contributed by atoms with E-state index < -0.39 is 6.36 Å². The van der Waals surface area contributed by atoms with Gasteiger partial charge in [-0.1, -0.05) is 12.1 Å². The molecule has 25 heavy (non-hydrogen) atoms. The highest BCUT2D eigenvalue weighted by atomic mass is 79.9. The molecule has 0 aliphatic heterocycles. The maximum absolute atomic E-state index is 12.2. The molecule has 1 aromatic carbocycles. The second-order valence-corrected chi connectivity index (χ2v) is 6.01. The zero-order chi connectivity index (χ0) is 18.2. The molecule has 0 radical (unpaired) electrons. The van der Waals surface area contributed by atoms with E-state index in [-0.39, 0.29) is 17.9 Å². The molecule has 0 fully saturated rings. The Kier molecular flexibility index (Phi) is 4.51. The van der Waals surface area contributed by atoms with Gasteiger partial charge in [-0.05, 0) is 46.6 Å². The molecule has 0 amide bonds. The fourth-order valence-electron chi connectivity index (χ4n) is 2.29. The summed E-state index contributed by atoms with van der Waals surface area (Å²) in [5, 5.41) is 0. The minimum Gasteiger partial charge on any atom is -0.406 e. The van der Waals surface area contributed by atoms with Gasteiger partial charge < -0.3 is 4.74 Å². The molecule has 0 unspecified atom stereocenters. The van der Waals surface area contributed by atoms with E-state index in [4.69, 9.17) is 0 Å². The van der Waals surface area contributed by atoms with Gasteiger partial charge in [0.15, 0.2) is 5.65 Å². The molecule has 0 saturated carbocycles. The van der Waals surface area contributed by atoms with Crippen molar-refractivity contribution in [2.24, 2.45) is 0 Å². The molecule has 9 heteroatoms. The maximum atomic E-state index is 12.2. The van der Waals surface area contributed by atoms with Crippen LogP contribution in [0.5, 0.6) is 5.75 Å². The van der Waals surface area contributed by atoms with Gasteiger partial charge >= 0.3 is 6.36 Å². The Labute approximate surface area is 148 Å². The predicted octanol–water partition coefficient (Wildman–Crippen LogP) is 3.81. The summed E-state index contributed by atoms with van der Waals surface area (Å²) in [6, 6.07) is 8.28. The van der Waals surface area contributed by atoms with Crippen molar-refractivity contribution in [3.05, 3.63) is 62.6 Å². The highest BCUT2D eigenvalue weighted by Gasteiger charge is 2.30. The SMILES string of the molecule is Cc1nc2c(ccc(=O)n2Cc2ccc(OC(F)(F)F)cc2)nc1Br. The Balaban J connectivity index is 1.96. The van der Waals surface area contributed by atoms with Crippen LogP contribution in [0.4, 0.5) is 13.2 Å². The van der Waals surface area contributed by atoms with Gasteiger partial charge in [-0.25, -0.2) is 9.97 Å². The van der Waals surface area contributed by atoms with Crippen LogP contribution in [0, 0.1) is 6.92 Å². The first-order valence-corrected chi connectivity index (χ1v) is 7.90. The number of benzene rings is 1. The number of hydrogen-bond acceptors (Lipinski definition) is 4. The Bertz CT molecular complexity index is 985. The highest BCUT2D eigenvalue weighted by Crippen LogP contribution is 2.23. The Morgan fingerprint density at radius 1 is 1.12 bits per heavy atom. The molecule has 0 aliphatic carbocycles. The predicted molar refractivity (Wildman–Crippen MR) is 88.5 cm³/mol. The van der Waals surface area contributed by atoms with Crippen molar-refractivity contribution in [3.8, 4) is 5.75 Å². The third-order valence-electron chi connectivity index (χ3n) is 3.42. The lowest BCUT2D eigenvalue weighted by atomic mass is 10.2. The molecule has 0 atom stereocenters. The molecular formula is C16H11BrF3N3O2. The highest BCUT2D eigenvalue weighted by molar-refractivity contribution is 9.10. The number of alkyl halides is 3. The van der Waals surface area contributed by atoms with Crippen LogP contribution in [0.3, 0.4) is 0 Å². The van der Waals surface area contributed by atoms with E-state index in [9.17, 15) is 18.0 Å².